The van der Waals surface area contributed by atoms with Crippen molar-refractivity contribution in [2.45, 2.75) is 35.7 Å². The molecule has 0 spiro atoms. The normalized spacial score (nSPS) is 22.4. The van der Waals surface area contributed by atoms with E-state index in [1.807, 2.05) is 12.1 Å². The van der Waals surface area contributed by atoms with Gasteiger partial charge in [0, 0.05) is 57.0 Å². The van der Waals surface area contributed by atoms with Crippen molar-refractivity contribution in [3.63, 3.8) is 0 Å². The first kappa shape index (κ1) is 31.2. The highest BCUT2D eigenvalue weighted by Crippen LogP contribution is 2.45. The van der Waals surface area contributed by atoms with Gasteiger partial charge in [-0.05, 0) is 12.1 Å². The van der Waals surface area contributed by atoms with Gasteiger partial charge in [-0.1, -0.05) is 81.2 Å². The third kappa shape index (κ3) is 7.19. The van der Waals surface area contributed by atoms with E-state index >= 15 is 0 Å². The Morgan fingerprint density at radius 3 is 1.45 bits per heavy atom. The third-order valence-electron chi connectivity index (χ3n) is 6.37. The Morgan fingerprint density at radius 1 is 0.725 bits per heavy atom. The van der Waals surface area contributed by atoms with Crippen LogP contribution in [0.15, 0.2) is 48.5 Å². The molecule has 2 unspecified atom stereocenters. The van der Waals surface area contributed by atoms with Gasteiger partial charge in [0.1, 0.15) is 22.8 Å². The van der Waals surface area contributed by atoms with Crippen molar-refractivity contribution in [3.05, 3.63) is 69.7 Å². The quantitative estimate of drug-likeness (QED) is 0.223. The zero-order valence-corrected chi connectivity index (χ0v) is 25.8. The van der Waals surface area contributed by atoms with Gasteiger partial charge in [-0.15, -0.1) is 23.5 Å². The molecule has 14 heteroatoms. The van der Waals surface area contributed by atoms with Crippen molar-refractivity contribution < 1.29 is 29.4 Å². The summed E-state index contributed by atoms with van der Waals surface area (Å²) in [5.41, 5.74) is 1.42. The summed E-state index contributed by atoms with van der Waals surface area (Å²) < 4.78 is 0. The molecule has 0 saturated carbocycles. The summed E-state index contributed by atoms with van der Waals surface area (Å²) in [6.45, 7) is 0. The summed E-state index contributed by atoms with van der Waals surface area (Å²) >= 11 is 15.4. The zero-order chi connectivity index (χ0) is 28.8. The first-order chi connectivity index (χ1) is 19.2. The second-order valence-electron chi connectivity index (χ2n) is 8.87. The summed E-state index contributed by atoms with van der Waals surface area (Å²) in [5.74, 6) is -1.22. The number of rotatable bonds is 11. The molecule has 2 aromatic rings. The smallest absolute Gasteiger partial charge is 0.327 e. The van der Waals surface area contributed by atoms with E-state index in [1.165, 1.54) is 54.9 Å². The van der Waals surface area contributed by atoms with Gasteiger partial charge in [-0.3, -0.25) is 9.59 Å². The molecular weight excluding hydrogens is 635 g/mol. The van der Waals surface area contributed by atoms with Gasteiger partial charge in [-0.2, -0.15) is 0 Å². The topological polar surface area (TPSA) is 115 Å². The molecule has 0 bridgehead atoms. The van der Waals surface area contributed by atoms with Crippen LogP contribution in [0.1, 0.15) is 34.7 Å². The van der Waals surface area contributed by atoms with Crippen LogP contribution in [0, 0.1) is 0 Å². The van der Waals surface area contributed by atoms with Crippen LogP contribution in [-0.4, -0.2) is 78.9 Å². The molecule has 214 valence electrons. The van der Waals surface area contributed by atoms with Gasteiger partial charge >= 0.3 is 11.9 Å². The molecule has 8 nitrogen and oxygen atoms in total. The lowest BCUT2D eigenvalue weighted by Crippen LogP contribution is -2.43. The molecule has 0 radical (unpaired) electrons. The number of hydrogen-bond donors (Lipinski definition) is 2. The van der Waals surface area contributed by atoms with Gasteiger partial charge in [0.05, 0.1) is 0 Å². The average Bonchev–Trinajstić information content (AvgIpc) is 3.56. The monoisotopic (exact) mass is 660 g/mol. The van der Waals surface area contributed by atoms with Crippen molar-refractivity contribution in [3.8, 4) is 0 Å². The van der Waals surface area contributed by atoms with Gasteiger partial charge in [0.25, 0.3) is 0 Å². The molecular formula is C26H26Cl2N2O6S4. The molecule has 40 heavy (non-hydrogen) atoms. The number of carboxylic acid groups (broad SMARTS) is 2. The molecule has 2 heterocycles. The van der Waals surface area contributed by atoms with Crippen LogP contribution in [0.2, 0.25) is 10.0 Å². The largest absolute Gasteiger partial charge is 0.480 e. The minimum Gasteiger partial charge on any atom is -0.480 e. The molecule has 2 fully saturated rings. The second kappa shape index (κ2) is 14.5. The number of thioether (sulfide) groups is 2. The maximum Gasteiger partial charge on any atom is 0.327 e. The summed E-state index contributed by atoms with van der Waals surface area (Å²) in [6, 6.07) is 12.4. The molecule has 0 aliphatic carbocycles. The fraction of sp³-hybridized carbons (Fsp3) is 0.385. The fourth-order valence-corrected chi connectivity index (χ4v) is 9.99. The van der Waals surface area contributed by atoms with Crippen molar-refractivity contribution in [1.82, 2.24) is 9.80 Å². The summed E-state index contributed by atoms with van der Waals surface area (Å²) in [6.07, 6.45) is 0.269. The van der Waals surface area contributed by atoms with Gasteiger partial charge in [0.2, 0.25) is 11.8 Å². The Hall–Kier alpha value is -1.70. The highest BCUT2D eigenvalue weighted by atomic mass is 35.5. The van der Waals surface area contributed by atoms with Crippen LogP contribution >= 0.6 is 68.3 Å². The Labute approximate surface area is 258 Å². The average molecular weight is 662 g/mol. The van der Waals surface area contributed by atoms with Crippen molar-refractivity contribution in [1.29, 1.82) is 0 Å². The van der Waals surface area contributed by atoms with E-state index in [1.54, 1.807) is 36.4 Å². The van der Waals surface area contributed by atoms with Gasteiger partial charge in [0.15, 0.2) is 0 Å². The first-order valence-corrected chi connectivity index (χ1v) is 17.6. The Kier molecular flexibility index (Phi) is 11.3. The van der Waals surface area contributed by atoms with Crippen LogP contribution in [0.4, 0.5) is 0 Å². The van der Waals surface area contributed by atoms with Gasteiger partial charge < -0.3 is 20.0 Å². The predicted octanol–water partition coefficient (Wildman–Crippen LogP) is 5.91. The number of halogens is 2. The van der Waals surface area contributed by atoms with E-state index in [2.05, 4.69) is 0 Å². The lowest BCUT2D eigenvalue weighted by Gasteiger charge is -2.28. The number of hydrogen-bond acceptors (Lipinski definition) is 8. The van der Waals surface area contributed by atoms with Crippen molar-refractivity contribution in [2.75, 3.05) is 23.0 Å². The number of amides is 2. The number of carbonyl (C=O) groups is 4. The van der Waals surface area contributed by atoms with Gasteiger partial charge in [-0.25, -0.2) is 9.59 Å². The molecule has 2 aliphatic rings. The van der Waals surface area contributed by atoms with Crippen LogP contribution in [0.3, 0.4) is 0 Å². The fourth-order valence-electron chi connectivity index (χ4n) is 4.47. The van der Waals surface area contributed by atoms with Crippen LogP contribution in [0.25, 0.3) is 0 Å². The predicted molar refractivity (Wildman–Crippen MR) is 164 cm³/mol. The van der Waals surface area contributed by atoms with Crippen LogP contribution < -0.4 is 0 Å². The number of carboxylic acids is 2. The molecule has 2 amide bonds. The molecule has 0 aromatic heterocycles. The van der Waals surface area contributed by atoms with E-state index in [-0.39, 0.29) is 36.2 Å². The number of aliphatic carboxylic acids is 2. The second-order valence-corrected chi connectivity index (χ2v) is 14.6. The molecule has 2 aliphatic heterocycles. The Balaban J connectivity index is 1.29. The summed E-state index contributed by atoms with van der Waals surface area (Å²) in [7, 11) is 2.83. The molecule has 2 N–H and O–H groups in total. The molecule has 4 rings (SSSR count). The highest BCUT2D eigenvalue weighted by molar-refractivity contribution is 8.76. The van der Waals surface area contributed by atoms with Crippen LogP contribution in [0.5, 0.6) is 0 Å². The van der Waals surface area contributed by atoms with Crippen molar-refractivity contribution in [2.24, 2.45) is 0 Å². The first-order valence-electron chi connectivity index (χ1n) is 12.2. The van der Waals surface area contributed by atoms with Crippen LogP contribution in [-0.2, 0) is 19.2 Å². The maximum absolute atomic E-state index is 13.1. The van der Waals surface area contributed by atoms with E-state index < -0.39 is 34.8 Å². The summed E-state index contributed by atoms with van der Waals surface area (Å²) in [4.78, 5) is 52.7. The summed E-state index contributed by atoms with van der Waals surface area (Å²) in [5, 5.41) is 19.4. The van der Waals surface area contributed by atoms with E-state index in [9.17, 15) is 29.4 Å². The number of benzene rings is 2. The number of carbonyl (C=O) groups excluding carboxylic acids is 2. The standard InChI is InChI=1S/C26H26Cl2N2O6S4/c27-17-7-3-1-5-15(17)23-29(19(13-37-23)25(33)34)21(31)9-11-39-40-12-10-22(32)30-20(26(35)36)14-38-24(30)16-6-2-4-8-18(16)28/h1-8,19-20,23-24H,9-14H2,(H,33,34)(H,35,36)/t19-,20-,23?,24?/m0/s1. The Morgan fingerprint density at radius 2 is 1.10 bits per heavy atom. The van der Waals surface area contributed by atoms with E-state index in [0.717, 1.165) is 0 Å². The minimum atomic E-state index is -1.05. The lowest BCUT2D eigenvalue weighted by molar-refractivity contribution is -0.149. The molecule has 2 aromatic carbocycles. The molecule has 2 saturated heterocycles. The molecule has 4 atom stereocenters. The number of nitrogens with zero attached hydrogens (tertiary/aromatic N) is 2. The third-order valence-corrected chi connectivity index (χ3v) is 12.1. The zero-order valence-electron chi connectivity index (χ0n) is 21.0. The minimum absolute atomic E-state index is 0.134. The van der Waals surface area contributed by atoms with E-state index in [0.29, 0.717) is 32.7 Å². The van der Waals surface area contributed by atoms with E-state index in [4.69, 9.17) is 23.2 Å². The van der Waals surface area contributed by atoms with Crippen molar-refractivity contribution >= 4 is 92.1 Å². The SMILES string of the molecule is O=C(O)[C@@H]1CSC(c2ccccc2Cl)N1C(=O)CCSSCCC(=O)N1C(c2ccccc2Cl)SC[C@H]1C(=O)O. The highest BCUT2D eigenvalue weighted by Gasteiger charge is 2.43. The Bertz CT molecular complexity index is 1180. The lowest BCUT2D eigenvalue weighted by atomic mass is 10.1. The maximum atomic E-state index is 13.1.